The minimum absolute atomic E-state index is 0.0359. The fourth-order valence-corrected chi connectivity index (χ4v) is 5.92. The molecule has 10 heteroatoms. The number of rotatable bonds is 6. The van der Waals surface area contributed by atoms with Gasteiger partial charge in [-0.1, -0.05) is 33.6 Å². The molecule has 0 spiro atoms. The number of carbonyl (C=O) groups excluding carboxylic acids is 1. The Bertz CT molecular complexity index is 1430. The van der Waals surface area contributed by atoms with Crippen molar-refractivity contribution >= 4 is 50.0 Å². The summed E-state index contributed by atoms with van der Waals surface area (Å²) in [6, 6.07) is 7.08. The molecule has 0 radical (unpaired) electrons. The molecule has 2 aromatic carbocycles. The van der Waals surface area contributed by atoms with Gasteiger partial charge in [0.15, 0.2) is 11.6 Å². The van der Waals surface area contributed by atoms with Gasteiger partial charge in [-0.25, -0.2) is 4.39 Å². The molecule has 2 heterocycles. The number of halogens is 3. The Morgan fingerprint density at radius 1 is 1.24 bits per heavy atom. The van der Waals surface area contributed by atoms with E-state index < -0.39 is 17.2 Å². The van der Waals surface area contributed by atoms with E-state index in [2.05, 4.69) is 40.4 Å². The van der Waals surface area contributed by atoms with Crippen molar-refractivity contribution in [3.63, 3.8) is 0 Å². The van der Waals surface area contributed by atoms with Crippen LogP contribution in [-0.4, -0.2) is 42.8 Å². The van der Waals surface area contributed by atoms with Crippen molar-refractivity contribution in [3.05, 3.63) is 67.1 Å². The van der Waals surface area contributed by atoms with E-state index in [0.29, 0.717) is 35.1 Å². The standard InChI is InChI=1S/C27H29BrClFN4O3/c1-14-11-33(12-15(2)32-14)24-22(30)9-19-23(26(24)37-3)34(18-6-7-18)13-20(25(19)35)27(36)31-10-16-4-5-17(28)8-21(16)29/h4-5,8-9,13-15,18,32H,6-7,10-12H2,1-3H3,(H,31,36)/t14-,15+. The van der Waals surface area contributed by atoms with Gasteiger partial charge in [-0.2, -0.15) is 0 Å². The third-order valence-corrected chi connectivity index (χ3v) is 7.76. The summed E-state index contributed by atoms with van der Waals surface area (Å²) < 4.78 is 24.2. The molecular weight excluding hydrogens is 563 g/mol. The highest BCUT2D eigenvalue weighted by Gasteiger charge is 2.33. The van der Waals surface area contributed by atoms with Crippen molar-refractivity contribution in [2.24, 2.45) is 0 Å². The largest absolute Gasteiger partial charge is 0.492 e. The predicted octanol–water partition coefficient (Wildman–Crippen LogP) is 5.02. The Morgan fingerprint density at radius 2 is 1.95 bits per heavy atom. The monoisotopic (exact) mass is 590 g/mol. The Kier molecular flexibility index (Phi) is 7.22. The lowest BCUT2D eigenvalue weighted by molar-refractivity contribution is 0.0949. The third-order valence-electron chi connectivity index (χ3n) is 6.92. The molecule has 1 saturated carbocycles. The number of nitrogens with one attached hydrogen (secondary N) is 2. The van der Waals surface area contributed by atoms with Crippen molar-refractivity contribution in [1.29, 1.82) is 0 Å². The molecule has 37 heavy (non-hydrogen) atoms. The van der Waals surface area contributed by atoms with Crippen LogP contribution in [0.1, 0.15) is 48.7 Å². The second-order valence-corrected chi connectivity index (χ2v) is 11.3. The van der Waals surface area contributed by atoms with Crippen LogP contribution in [0.3, 0.4) is 0 Å². The first kappa shape index (κ1) is 26.0. The maximum Gasteiger partial charge on any atom is 0.257 e. The average molecular weight is 592 g/mol. The second-order valence-electron chi connectivity index (χ2n) is 9.94. The van der Waals surface area contributed by atoms with Crippen molar-refractivity contribution in [2.75, 3.05) is 25.1 Å². The summed E-state index contributed by atoms with van der Waals surface area (Å²) in [5.41, 5.74) is 1.03. The molecule has 5 rings (SSSR count). The summed E-state index contributed by atoms with van der Waals surface area (Å²) in [4.78, 5) is 28.7. The zero-order chi connectivity index (χ0) is 26.4. The van der Waals surface area contributed by atoms with E-state index in [1.807, 2.05) is 15.5 Å². The van der Waals surface area contributed by atoms with Gasteiger partial charge in [-0.15, -0.1) is 0 Å². The van der Waals surface area contributed by atoms with Gasteiger partial charge in [0.2, 0.25) is 5.43 Å². The summed E-state index contributed by atoms with van der Waals surface area (Å²) in [5, 5.41) is 6.88. The summed E-state index contributed by atoms with van der Waals surface area (Å²) in [6.45, 7) is 5.48. The molecule has 3 aromatic rings. The summed E-state index contributed by atoms with van der Waals surface area (Å²) in [7, 11) is 1.50. The first-order chi connectivity index (χ1) is 17.7. The van der Waals surface area contributed by atoms with E-state index >= 15 is 4.39 Å². The normalized spacial score (nSPS) is 19.8. The van der Waals surface area contributed by atoms with Crippen molar-refractivity contribution in [3.8, 4) is 5.75 Å². The number of ether oxygens (including phenoxy) is 1. The molecule has 0 bridgehead atoms. The third kappa shape index (κ3) is 5.09. The van der Waals surface area contributed by atoms with Crippen molar-refractivity contribution in [2.45, 2.75) is 51.4 Å². The van der Waals surface area contributed by atoms with Crippen LogP contribution in [0.2, 0.25) is 5.02 Å². The lowest BCUT2D eigenvalue weighted by Crippen LogP contribution is -2.54. The number of piperazine rings is 1. The van der Waals surface area contributed by atoms with Gasteiger partial charge < -0.3 is 24.8 Å². The van der Waals surface area contributed by atoms with E-state index in [4.69, 9.17) is 16.3 Å². The number of amides is 1. The Labute approximate surface area is 228 Å². The lowest BCUT2D eigenvalue weighted by atomic mass is 10.1. The molecule has 1 aliphatic carbocycles. The number of hydrogen-bond donors (Lipinski definition) is 2. The van der Waals surface area contributed by atoms with Crippen molar-refractivity contribution in [1.82, 2.24) is 15.2 Å². The summed E-state index contributed by atoms with van der Waals surface area (Å²) in [6.07, 6.45) is 3.41. The zero-order valence-corrected chi connectivity index (χ0v) is 23.2. The van der Waals surface area contributed by atoms with E-state index in [1.165, 1.54) is 13.2 Å². The van der Waals surface area contributed by atoms with Gasteiger partial charge in [-0.3, -0.25) is 9.59 Å². The molecule has 196 valence electrons. The molecule has 1 aromatic heterocycles. The number of nitrogens with zero attached hydrogens (tertiary/aromatic N) is 2. The molecule has 7 nitrogen and oxygen atoms in total. The molecule has 2 fully saturated rings. The second kappa shape index (κ2) is 10.3. The first-order valence-electron chi connectivity index (χ1n) is 12.4. The molecule has 2 atom stereocenters. The van der Waals surface area contributed by atoms with Crippen LogP contribution in [0.25, 0.3) is 10.9 Å². The Hall–Kier alpha value is -2.62. The number of hydrogen-bond acceptors (Lipinski definition) is 5. The van der Waals surface area contributed by atoms with Crippen LogP contribution < -0.4 is 25.7 Å². The number of methoxy groups -OCH3 is 1. The fourth-order valence-electron chi connectivity index (χ4n) is 5.18. The van der Waals surface area contributed by atoms with Gasteiger partial charge in [-0.05, 0) is 50.5 Å². The number of aromatic nitrogens is 1. The van der Waals surface area contributed by atoms with Crippen LogP contribution in [0.4, 0.5) is 10.1 Å². The number of fused-ring (bicyclic) bond motifs is 1. The maximum atomic E-state index is 15.7. The highest BCUT2D eigenvalue weighted by atomic mass is 79.9. The van der Waals surface area contributed by atoms with E-state index in [1.54, 1.807) is 18.3 Å². The minimum atomic E-state index is -0.538. The van der Waals surface area contributed by atoms with Gasteiger partial charge in [0, 0.05) is 53.5 Å². The summed E-state index contributed by atoms with van der Waals surface area (Å²) >= 11 is 9.64. The quantitative estimate of drug-likeness (QED) is 0.421. The number of pyridine rings is 1. The zero-order valence-electron chi connectivity index (χ0n) is 20.9. The lowest BCUT2D eigenvalue weighted by Gasteiger charge is -2.38. The Balaban J connectivity index is 1.58. The van der Waals surface area contributed by atoms with E-state index in [9.17, 15) is 9.59 Å². The SMILES string of the molecule is COc1c(N2C[C@@H](C)N[C@@H](C)C2)c(F)cc2c(=O)c(C(=O)NCc3ccc(Br)cc3Cl)cn(C3CC3)c12. The van der Waals surface area contributed by atoms with E-state index in [-0.39, 0.29) is 35.6 Å². The Morgan fingerprint density at radius 3 is 2.57 bits per heavy atom. The van der Waals surface area contributed by atoms with Gasteiger partial charge in [0.1, 0.15) is 11.3 Å². The van der Waals surface area contributed by atoms with Gasteiger partial charge in [0.25, 0.3) is 5.91 Å². The first-order valence-corrected chi connectivity index (χ1v) is 13.5. The molecule has 2 aliphatic rings. The highest BCUT2D eigenvalue weighted by molar-refractivity contribution is 9.10. The molecule has 0 unspecified atom stereocenters. The fraction of sp³-hybridized carbons (Fsp3) is 0.407. The maximum absolute atomic E-state index is 15.7. The van der Waals surface area contributed by atoms with E-state index in [0.717, 1.165) is 22.9 Å². The highest BCUT2D eigenvalue weighted by Crippen LogP contribution is 2.44. The van der Waals surface area contributed by atoms with Crippen LogP contribution in [0, 0.1) is 5.82 Å². The molecule has 1 saturated heterocycles. The topological polar surface area (TPSA) is 75.6 Å². The summed E-state index contributed by atoms with van der Waals surface area (Å²) in [5.74, 6) is -0.744. The van der Waals surface area contributed by atoms with Gasteiger partial charge in [0.05, 0.1) is 18.0 Å². The van der Waals surface area contributed by atoms with Gasteiger partial charge >= 0.3 is 0 Å². The van der Waals surface area contributed by atoms with Crippen LogP contribution in [0.5, 0.6) is 5.75 Å². The molecule has 2 N–H and O–H groups in total. The molecule has 1 amide bonds. The molecule has 1 aliphatic heterocycles. The number of anilines is 1. The number of carbonyl (C=O) groups is 1. The van der Waals surface area contributed by atoms with Crippen LogP contribution in [0.15, 0.2) is 39.7 Å². The van der Waals surface area contributed by atoms with Crippen LogP contribution >= 0.6 is 27.5 Å². The minimum Gasteiger partial charge on any atom is -0.492 e. The van der Waals surface area contributed by atoms with Crippen molar-refractivity contribution < 1.29 is 13.9 Å². The average Bonchev–Trinajstić information content (AvgIpc) is 3.68. The predicted molar refractivity (Wildman–Crippen MR) is 148 cm³/mol. The molecular formula is C27H29BrClFN4O3. The van der Waals surface area contributed by atoms with Crippen LogP contribution in [-0.2, 0) is 6.54 Å². The number of benzene rings is 2. The smallest absolute Gasteiger partial charge is 0.257 e.